The second-order valence-corrected chi connectivity index (χ2v) is 6.14. The summed E-state index contributed by atoms with van der Waals surface area (Å²) in [4.78, 5) is 6.94. The Bertz CT molecular complexity index is 336. The van der Waals surface area contributed by atoms with Crippen molar-refractivity contribution < 1.29 is 0 Å². The largest absolute Gasteiger partial charge is 0.356 e. The summed E-state index contributed by atoms with van der Waals surface area (Å²) in [6.45, 7) is 6.62. The number of H-pyrrole nitrogens is 1. The molecule has 0 saturated carbocycles. The third-order valence-electron chi connectivity index (χ3n) is 1.55. The van der Waals surface area contributed by atoms with Crippen LogP contribution in [0, 0.1) is 0 Å². The summed E-state index contributed by atoms with van der Waals surface area (Å²) in [5.74, 6) is 0. The first-order valence-electron chi connectivity index (χ1n) is 5.25. The fourth-order valence-electron chi connectivity index (χ4n) is 1.02. The van der Waals surface area contributed by atoms with Gasteiger partial charge >= 0.3 is 0 Å². The van der Waals surface area contributed by atoms with E-state index in [0.717, 1.165) is 0 Å². The maximum absolute atomic E-state index is 3.78. The predicted octanol–water partition coefficient (Wildman–Crippen LogP) is 3.99. The molecule has 0 aliphatic rings. The van der Waals surface area contributed by atoms with Crippen LogP contribution < -0.4 is 0 Å². The quantitative estimate of drug-likeness (QED) is 0.756. The number of hydrogen-bond acceptors (Lipinski definition) is 2. The first-order chi connectivity index (χ1) is 7.58. The number of rotatable bonds is 1. The fourth-order valence-corrected chi connectivity index (χ4v) is 1.95. The molecule has 0 radical (unpaired) electrons. The third-order valence-corrected chi connectivity index (χ3v) is 2.64. The Morgan fingerprint density at radius 3 is 2.06 bits per heavy atom. The third kappa shape index (κ3) is 6.30. The van der Waals surface area contributed by atoms with Gasteiger partial charge in [0.2, 0.25) is 0 Å². The van der Waals surface area contributed by atoms with Crippen molar-refractivity contribution in [2.24, 2.45) is 0 Å². The van der Waals surface area contributed by atoms with Crippen LogP contribution >= 0.6 is 11.8 Å². The lowest BCUT2D eigenvalue weighted by Crippen LogP contribution is -2.06. The molecule has 0 spiro atoms. The molecule has 0 bridgehead atoms. The summed E-state index contributed by atoms with van der Waals surface area (Å²) in [6, 6.07) is 9.83. The highest BCUT2D eigenvalue weighted by Crippen LogP contribution is 2.29. The molecule has 3 heteroatoms. The van der Waals surface area contributed by atoms with Crippen molar-refractivity contribution in [1.29, 1.82) is 0 Å². The Labute approximate surface area is 102 Å². The average Bonchev–Trinajstić information content (AvgIpc) is 2.71. The highest BCUT2D eigenvalue weighted by molar-refractivity contribution is 8.00. The van der Waals surface area contributed by atoms with Gasteiger partial charge in [-0.25, -0.2) is 0 Å². The van der Waals surface area contributed by atoms with Crippen LogP contribution in [0.15, 0.2) is 53.9 Å². The van der Waals surface area contributed by atoms with Gasteiger partial charge in [0.1, 0.15) is 0 Å². The van der Waals surface area contributed by atoms with Crippen LogP contribution in [0.5, 0.6) is 0 Å². The smallest absolute Gasteiger partial charge is 0.0726 e. The van der Waals surface area contributed by atoms with E-state index in [1.165, 1.54) is 5.03 Å². The first kappa shape index (κ1) is 12.8. The van der Waals surface area contributed by atoms with E-state index in [0.29, 0.717) is 4.75 Å². The van der Waals surface area contributed by atoms with Crippen LogP contribution in [0.4, 0.5) is 0 Å². The van der Waals surface area contributed by atoms with Gasteiger partial charge in [0.25, 0.3) is 0 Å². The minimum Gasteiger partial charge on any atom is -0.356 e. The lowest BCUT2D eigenvalue weighted by Gasteiger charge is -2.15. The maximum Gasteiger partial charge on any atom is 0.0726 e. The van der Waals surface area contributed by atoms with Gasteiger partial charge in [0.05, 0.1) is 5.03 Å². The van der Waals surface area contributed by atoms with E-state index in [4.69, 9.17) is 0 Å². The lowest BCUT2D eigenvalue weighted by atomic mass is 10.3. The number of aromatic amines is 1. The Balaban J connectivity index is 0.000000181. The van der Waals surface area contributed by atoms with Crippen LogP contribution in [0.1, 0.15) is 20.8 Å². The molecule has 0 aromatic carbocycles. The molecule has 2 rings (SSSR count). The van der Waals surface area contributed by atoms with Crippen molar-refractivity contribution in [3.63, 3.8) is 0 Å². The van der Waals surface area contributed by atoms with Gasteiger partial charge < -0.3 is 4.98 Å². The Kier molecular flexibility index (Phi) is 5.12. The van der Waals surface area contributed by atoms with Crippen molar-refractivity contribution in [2.45, 2.75) is 30.5 Å². The Morgan fingerprint density at radius 1 is 1.06 bits per heavy atom. The van der Waals surface area contributed by atoms with Gasteiger partial charge in [-0.2, -0.15) is 0 Å². The minimum absolute atomic E-state index is 0.310. The van der Waals surface area contributed by atoms with Gasteiger partial charge in [0, 0.05) is 23.3 Å². The molecule has 0 amide bonds. The van der Waals surface area contributed by atoms with E-state index >= 15 is 0 Å². The van der Waals surface area contributed by atoms with Gasteiger partial charge in [-0.05, 0) is 24.3 Å². The standard InChI is InChI=1S/C8H13NS.C5H5N/c1-8(2,3)10-7-5-4-6-9-7;1-2-4-6-5-3-1/h4-6,9H,1-3H3;1-5H. The number of aromatic nitrogens is 2. The summed E-state index contributed by atoms with van der Waals surface area (Å²) in [5.41, 5.74) is 0. The van der Waals surface area contributed by atoms with Crippen LogP contribution in [-0.4, -0.2) is 14.7 Å². The topological polar surface area (TPSA) is 28.7 Å². The number of nitrogens with zero attached hydrogens (tertiary/aromatic N) is 1. The Morgan fingerprint density at radius 2 is 1.75 bits per heavy atom. The first-order valence-corrected chi connectivity index (χ1v) is 6.07. The molecule has 0 unspecified atom stereocenters. The highest BCUT2D eigenvalue weighted by atomic mass is 32.2. The maximum atomic E-state index is 3.78. The molecule has 0 fully saturated rings. The molecule has 0 aliphatic carbocycles. The van der Waals surface area contributed by atoms with Crippen molar-refractivity contribution in [1.82, 2.24) is 9.97 Å². The zero-order chi connectivity index (χ0) is 11.9. The second kappa shape index (κ2) is 6.38. The van der Waals surface area contributed by atoms with Gasteiger partial charge in [-0.15, -0.1) is 11.8 Å². The zero-order valence-electron chi connectivity index (χ0n) is 9.97. The van der Waals surface area contributed by atoms with Crippen molar-refractivity contribution in [3.05, 3.63) is 48.9 Å². The normalized spacial score (nSPS) is 10.4. The van der Waals surface area contributed by atoms with Gasteiger partial charge in [-0.3, -0.25) is 4.98 Å². The number of pyridine rings is 1. The molecule has 2 nitrogen and oxygen atoms in total. The van der Waals surface area contributed by atoms with Crippen LogP contribution in [0.25, 0.3) is 0 Å². The molecule has 1 N–H and O–H groups in total. The number of hydrogen-bond donors (Lipinski definition) is 1. The summed E-state index contributed by atoms with van der Waals surface area (Å²) in [7, 11) is 0. The number of thioether (sulfide) groups is 1. The zero-order valence-corrected chi connectivity index (χ0v) is 10.8. The van der Waals surface area contributed by atoms with Gasteiger partial charge in [0.15, 0.2) is 0 Å². The second-order valence-electron chi connectivity index (χ2n) is 4.27. The number of nitrogens with one attached hydrogen (secondary N) is 1. The SMILES string of the molecule is CC(C)(C)Sc1ccc[nH]1.c1ccncc1. The summed E-state index contributed by atoms with van der Waals surface area (Å²) in [5, 5.41) is 1.24. The predicted molar refractivity (Wildman–Crippen MR) is 70.6 cm³/mol. The van der Waals surface area contributed by atoms with Crippen LogP contribution in [0.2, 0.25) is 0 Å². The van der Waals surface area contributed by atoms with Crippen molar-refractivity contribution >= 4 is 11.8 Å². The molecular formula is C13H18N2S. The highest BCUT2D eigenvalue weighted by Gasteiger charge is 2.11. The Hall–Kier alpha value is -1.22. The summed E-state index contributed by atoms with van der Waals surface area (Å²) in [6.07, 6.45) is 5.45. The monoisotopic (exact) mass is 234 g/mol. The molecule has 2 heterocycles. The van der Waals surface area contributed by atoms with E-state index in [2.05, 4.69) is 36.8 Å². The van der Waals surface area contributed by atoms with Crippen LogP contribution in [-0.2, 0) is 0 Å². The molecule has 86 valence electrons. The van der Waals surface area contributed by atoms with Crippen molar-refractivity contribution in [3.8, 4) is 0 Å². The molecule has 0 saturated heterocycles. The van der Waals surface area contributed by atoms with E-state index < -0.39 is 0 Å². The molecule has 2 aromatic heterocycles. The fraction of sp³-hybridized carbons (Fsp3) is 0.308. The average molecular weight is 234 g/mol. The van der Waals surface area contributed by atoms with E-state index in [1.54, 1.807) is 12.4 Å². The molecular weight excluding hydrogens is 216 g/mol. The summed E-state index contributed by atoms with van der Waals surface area (Å²) >= 11 is 1.85. The molecule has 0 atom stereocenters. The van der Waals surface area contributed by atoms with Crippen molar-refractivity contribution in [2.75, 3.05) is 0 Å². The van der Waals surface area contributed by atoms with Crippen LogP contribution in [0.3, 0.4) is 0 Å². The van der Waals surface area contributed by atoms with E-state index in [1.807, 2.05) is 42.2 Å². The summed E-state index contributed by atoms with van der Waals surface area (Å²) < 4.78 is 0.310. The molecule has 2 aromatic rings. The van der Waals surface area contributed by atoms with E-state index in [-0.39, 0.29) is 0 Å². The molecule has 16 heavy (non-hydrogen) atoms. The van der Waals surface area contributed by atoms with E-state index in [9.17, 15) is 0 Å². The minimum atomic E-state index is 0.310. The van der Waals surface area contributed by atoms with Gasteiger partial charge in [-0.1, -0.05) is 26.8 Å². The lowest BCUT2D eigenvalue weighted by molar-refractivity contribution is 0.800. The molecule has 0 aliphatic heterocycles.